The smallest absolute Gasteiger partial charge is 0.414 e. The van der Waals surface area contributed by atoms with Crippen LogP contribution in [0.1, 0.15) is 29.6 Å². The number of nitrogens with one attached hydrogen (secondary N) is 1. The largest absolute Gasteiger partial charge is 1.00 e. The zero-order chi connectivity index (χ0) is 34.7. The van der Waals surface area contributed by atoms with Crippen molar-refractivity contribution in [3.63, 3.8) is 0 Å². The van der Waals surface area contributed by atoms with E-state index in [0.29, 0.717) is 38.2 Å². The molecule has 0 radical (unpaired) electrons. The molecular weight excluding hydrogens is 778 g/mol. The van der Waals surface area contributed by atoms with Crippen LogP contribution in [0.4, 0.5) is 9.93 Å². The number of benzene rings is 1. The van der Waals surface area contributed by atoms with Gasteiger partial charge in [0.05, 0.1) is 21.6 Å². The molecule has 3 aromatic rings. The first-order valence-corrected chi connectivity index (χ1v) is 18.7. The quantitative estimate of drug-likeness (QED) is 0.0742. The molecule has 4 saturated heterocycles. The molecule has 5 aliphatic rings. The van der Waals surface area contributed by atoms with Crippen LogP contribution in [0, 0.1) is 0 Å². The molecular formula is C31H35Cl2N9O5S4. The van der Waals surface area contributed by atoms with Crippen molar-refractivity contribution in [1.82, 2.24) is 20.2 Å². The number of carbonyl (C=O) groups is 3. The second-order valence-corrected chi connectivity index (χ2v) is 16.2. The molecule has 8 rings (SSSR count). The van der Waals surface area contributed by atoms with Crippen LogP contribution in [-0.4, -0.2) is 114 Å². The number of thioether (sulfide) groups is 1. The van der Waals surface area contributed by atoms with Gasteiger partial charge in [0, 0.05) is 28.3 Å². The summed E-state index contributed by atoms with van der Waals surface area (Å²) in [4.78, 5) is 54.7. The Kier molecular flexibility index (Phi) is 11.4. The Hall–Kier alpha value is -3.36. The molecule has 51 heavy (non-hydrogen) atoms. The van der Waals surface area contributed by atoms with E-state index < -0.39 is 17.3 Å². The number of hydrogen-bond acceptors (Lipinski definition) is 12. The predicted octanol–water partition coefficient (Wildman–Crippen LogP) is -3.12. The van der Waals surface area contributed by atoms with Crippen LogP contribution < -0.4 is 41.6 Å². The number of oxime groups is 1. The summed E-state index contributed by atoms with van der Waals surface area (Å²) in [5, 5.41) is 20.4. The number of primary amides is 1. The highest BCUT2D eigenvalue weighted by Gasteiger charge is 2.56. The number of nitrogens with zero attached hydrogens (tertiary/aromatic N) is 6. The summed E-state index contributed by atoms with van der Waals surface area (Å²) in [6, 6.07) is 8.39. The first-order valence-electron chi connectivity index (χ1n) is 15.6. The highest BCUT2D eigenvalue weighted by molar-refractivity contribution is 8.01. The second-order valence-electron chi connectivity index (χ2n) is 12.7. The maximum Gasteiger partial charge on any atom is 0.414 e. The number of carboxylic acids is 1. The number of nitrogens with two attached hydrogens (primary N) is 2. The fourth-order valence-electron chi connectivity index (χ4n) is 7.27. The number of carbonyl (C=O) groups excluding carboxylic acids is 2. The molecule has 3 atom stereocenters. The zero-order valence-corrected chi connectivity index (χ0v) is 32.2. The fraction of sp³-hybridized carbons (Fsp3) is 0.387. The molecule has 2 bridgehead atoms. The topological polar surface area (TPSA) is 186 Å². The van der Waals surface area contributed by atoms with E-state index in [9.17, 15) is 19.5 Å². The number of rotatable bonds is 9. The molecule has 3 amide bonds. The van der Waals surface area contributed by atoms with E-state index in [1.165, 1.54) is 35.8 Å². The molecule has 4 fully saturated rings. The zero-order valence-electron chi connectivity index (χ0n) is 27.5. The number of carboxylic acid groups (broad SMARTS) is 1. The molecule has 20 heteroatoms. The normalized spacial score (nSPS) is 26.7. The Morgan fingerprint density at radius 3 is 2.39 bits per heavy atom. The van der Waals surface area contributed by atoms with E-state index in [4.69, 9.17) is 33.5 Å². The van der Waals surface area contributed by atoms with E-state index >= 15 is 0 Å². The number of anilines is 1. The van der Waals surface area contributed by atoms with Gasteiger partial charge in [0.2, 0.25) is 0 Å². The van der Waals surface area contributed by atoms with Crippen molar-refractivity contribution < 1.29 is 58.1 Å². The van der Waals surface area contributed by atoms with Gasteiger partial charge in [-0.3, -0.25) is 4.79 Å². The number of fused-ring (bicyclic) bond motifs is 4. The lowest BCUT2D eigenvalue weighted by Crippen LogP contribution is -3.00. The van der Waals surface area contributed by atoms with Crippen LogP contribution in [0.25, 0.3) is 16.8 Å². The number of nitrogen functional groups attached to an aromatic ring is 1. The third-order valence-electron chi connectivity index (χ3n) is 10.0. The average Bonchev–Trinajstić information content (AvgIpc) is 3.73. The summed E-state index contributed by atoms with van der Waals surface area (Å²) in [5.41, 5.74) is 14.8. The molecule has 5 aliphatic heterocycles. The molecule has 7 heterocycles. The van der Waals surface area contributed by atoms with E-state index in [2.05, 4.69) is 34.5 Å². The second kappa shape index (κ2) is 14.9. The van der Waals surface area contributed by atoms with E-state index in [1.807, 2.05) is 17.5 Å². The summed E-state index contributed by atoms with van der Waals surface area (Å²) in [6.07, 6.45) is 0.511. The van der Waals surface area contributed by atoms with Crippen molar-refractivity contribution in [2.75, 3.05) is 45.6 Å². The molecule has 0 saturated carbocycles. The van der Waals surface area contributed by atoms with Crippen molar-refractivity contribution in [3.8, 4) is 11.3 Å². The molecule has 1 aromatic carbocycles. The van der Waals surface area contributed by atoms with Crippen LogP contribution in [-0.2, 0) is 21.0 Å². The first kappa shape index (κ1) is 38.9. The number of thiocarbonyl (C=S) groups is 1. The van der Waals surface area contributed by atoms with E-state index in [1.54, 1.807) is 10.3 Å². The predicted molar refractivity (Wildman–Crippen MR) is 192 cm³/mol. The van der Waals surface area contributed by atoms with Crippen molar-refractivity contribution in [2.45, 2.75) is 36.7 Å². The number of aromatic nitrogens is 2. The van der Waals surface area contributed by atoms with Gasteiger partial charge < -0.3 is 60.9 Å². The number of halogens is 2. The van der Waals surface area contributed by atoms with E-state index in [0.717, 1.165) is 60.7 Å². The average molecular weight is 813 g/mol. The minimum absolute atomic E-state index is 0. The third-order valence-corrected chi connectivity index (χ3v) is 13.3. The molecule has 14 nitrogen and oxygen atoms in total. The number of quaternary nitrogens is 2. The van der Waals surface area contributed by atoms with Gasteiger partial charge >= 0.3 is 12.0 Å². The number of amides is 3. The Labute approximate surface area is 323 Å². The Morgan fingerprint density at radius 2 is 1.82 bits per heavy atom. The van der Waals surface area contributed by atoms with Gasteiger partial charge in [-0.15, -0.1) is 34.4 Å². The number of aliphatic carboxylic acids is 1. The Morgan fingerprint density at radius 1 is 1.12 bits per heavy atom. The molecule has 2 aromatic heterocycles. The number of thiazole rings is 2. The summed E-state index contributed by atoms with van der Waals surface area (Å²) >= 11 is 9.33. The number of piperazine rings is 3. The van der Waals surface area contributed by atoms with Crippen LogP contribution in [0.15, 0.2) is 45.9 Å². The summed E-state index contributed by atoms with van der Waals surface area (Å²) in [7, 11) is 1.32. The molecule has 6 N–H and O–H groups in total. The standard InChI is InChI=1S/C31H33N9O5S4.2ClH/c1-16-12-40(31(33)44)9-7-39(16,8-10-40)13-17-3-5-18(6-4-17)19-14-47-27(34-19)23-25(29(42)43)38-21(46)11-22(38)49-28(23)36-26(41)24(37-45-2)20-15-48-30(32)35-20;;/h3-6,14-16,22,28H,7-13H2,1-2H3,(H4-2,32,33,35,36,41,42,43,44);2*1H/t16?,22-,28?,39?,40?;;/m0../s1. The summed E-state index contributed by atoms with van der Waals surface area (Å²) in [6.45, 7) is 7.23. The van der Waals surface area contributed by atoms with Gasteiger partial charge in [-0.1, -0.05) is 41.6 Å². The highest BCUT2D eigenvalue weighted by atomic mass is 35.5. The van der Waals surface area contributed by atoms with Gasteiger partial charge in [0.1, 0.15) is 74.2 Å². The first-order chi connectivity index (χ1) is 23.4. The molecule has 2 unspecified atom stereocenters. The van der Waals surface area contributed by atoms with Crippen LogP contribution in [0.3, 0.4) is 0 Å². The highest BCUT2D eigenvalue weighted by Crippen LogP contribution is 2.48. The van der Waals surface area contributed by atoms with Gasteiger partial charge in [0.25, 0.3) is 5.91 Å². The van der Waals surface area contributed by atoms with E-state index in [-0.39, 0.29) is 58.5 Å². The Balaban J connectivity index is 0.00000252. The lowest BCUT2D eigenvalue weighted by molar-refractivity contribution is -1.07. The third kappa shape index (κ3) is 6.95. The maximum absolute atomic E-state index is 13.6. The lowest BCUT2D eigenvalue weighted by Gasteiger charge is -2.56. The van der Waals surface area contributed by atoms with Gasteiger partial charge in [0.15, 0.2) is 10.8 Å². The van der Waals surface area contributed by atoms with Gasteiger partial charge in [-0.05, 0) is 6.92 Å². The summed E-state index contributed by atoms with van der Waals surface area (Å²) < 4.78 is 1.33. The van der Waals surface area contributed by atoms with Crippen molar-refractivity contribution >= 4 is 86.0 Å². The number of hydrogen-bond donors (Lipinski definition) is 4. The fourth-order valence-corrected chi connectivity index (χ4v) is 10.8. The molecule has 0 aliphatic carbocycles. The minimum atomic E-state index is -1.16. The SMILES string of the molecule is CON=C(C(=O)NC1S[C@H]2CC(=S)N2C(C(=O)O)=C1c1nc(-c2ccc(C[N+]34CC[N+](C(N)=O)(CC3)CC4C)cc2)cs1)c1csc(N)n1.[Cl-].[Cl-]. The summed E-state index contributed by atoms with van der Waals surface area (Å²) in [5.74, 6) is -1.76. The molecule has 272 valence electrons. The number of urea groups is 1. The van der Waals surface area contributed by atoms with Crippen LogP contribution >= 0.6 is 46.7 Å². The van der Waals surface area contributed by atoms with Crippen molar-refractivity contribution in [2.24, 2.45) is 10.9 Å². The Bertz CT molecular complexity index is 1930. The monoisotopic (exact) mass is 811 g/mol. The van der Waals surface area contributed by atoms with Crippen LogP contribution in [0.2, 0.25) is 0 Å². The van der Waals surface area contributed by atoms with Gasteiger partial charge in [-0.2, -0.15) is 0 Å². The van der Waals surface area contributed by atoms with Crippen molar-refractivity contribution in [3.05, 3.63) is 57.0 Å². The van der Waals surface area contributed by atoms with Crippen LogP contribution in [0.5, 0.6) is 0 Å². The van der Waals surface area contributed by atoms with Gasteiger partial charge in [-0.25, -0.2) is 24.0 Å². The minimum Gasteiger partial charge on any atom is -1.00 e. The van der Waals surface area contributed by atoms with Crippen molar-refractivity contribution in [1.29, 1.82) is 0 Å². The lowest BCUT2D eigenvalue weighted by atomic mass is 9.98. The molecule has 0 spiro atoms. The maximum atomic E-state index is 13.6.